The maximum Gasteiger partial charge on any atom is 0.404 e. The average Bonchev–Trinajstić information content (AvgIpc) is 2.26. The van der Waals surface area contributed by atoms with E-state index < -0.39 is 6.09 Å². The second-order valence-electron chi connectivity index (χ2n) is 3.20. The van der Waals surface area contributed by atoms with Gasteiger partial charge in [0.25, 0.3) is 0 Å². The van der Waals surface area contributed by atoms with E-state index in [0.717, 1.165) is 4.90 Å². The fourth-order valence-corrected chi connectivity index (χ4v) is 1.88. The van der Waals surface area contributed by atoms with Gasteiger partial charge in [-0.25, -0.2) is 9.18 Å². The van der Waals surface area contributed by atoms with Crippen LogP contribution >= 0.6 is 11.8 Å². The zero-order valence-electron chi connectivity index (χ0n) is 9.02. The second-order valence-corrected chi connectivity index (χ2v) is 4.25. The molecule has 0 atom stereocenters. The Morgan fingerprint density at radius 3 is 3.00 bits per heavy atom. The maximum atomic E-state index is 13.2. The van der Waals surface area contributed by atoms with E-state index in [1.807, 2.05) is 6.07 Å². The highest BCUT2D eigenvalue weighted by molar-refractivity contribution is 7.99. The van der Waals surface area contributed by atoms with Crippen molar-refractivity contribution in [2.45, 2.75) is 4.90 Å². The summed E-state index contributed by atoms with van der Waals surface area (Å²) >= 11 is 1.30. The molecule has 0 aliphatic rings. The van der Waals surface area contributed by atoms with E-state index in [4.69, 9.17) is 10.8 Å². The first-order valence-electron chi connectivity index (χ1n) is 4.87. The third-order valence-corrected chi connectivity index (χ3v) is 2.82. The van der Waals surface area contributed by atoms with Crippen LogP contribution in [0.5, 0.6) is 0 Å². The van der Waals surface area contributed by atoms with Gasteiger partial charge in [-0.2, -0.15) is 0 Å². The molecule has 1 rings (SSSR count). The predicted octanol–water partition coefficient (Wildman–Crippen LogP) is 2.48. The first kappa shape index (κ1) is 13.4. The van der Waals surface area contributed by atoms with Crippen molar-refractivity contribution in [3.05, 3.63) is 36.2 Å². The van der Waals surface area contributed by atoms with Crippen molar-refractivity contribution in [2.75, 3.05) is 18.0 Å². The Morgan fingerprint density at radius 1 is 1.59 bits per heavy atom. The van der Waals surface area contributed by atoms with Crippen LogP contribution in [-0.4, -0.2) is 23.5 Å². The summed E-state index contributed by atoms with van der Waals surface area (Å²) in [4.78, 5) is 11.0. The van der Waals surface area contributed by atoms with Gasteiger partial charge in [0, 0.05) is 22.9 Å². The summed E-state index contributed by atoms with van der Waals surface area (Å²) in [5.74, 6) is -0.212. The number of hydrogen-bond acceptors (Lipinski definition) is 3. The van der Waals surface area contributed by atoms with Crippen molar-refractivity contribution in [1.82, 2.24) is 5.32 Å². The Labute approximate surface area is 103 Å². The lowest BCUT2D eigenvalue weighted by Crippen LogP contribution is -2.20. The van der Waals surface area contributed by atoms with E-state index in [1.165, 1.54) is 17.8 Å². The molecule has 0 saturated carbocycles. The molecular weight excluding hydrogens is 243 g/mol. The third-order valence-electron chi connectivity index (χ3n) is 1.81. The summed E-state index contributed by atoms with van der Waals surface area (Å²) in [6.45, 7) is -0.0291. The molecule has 4 nitrogen and oxygen atoms in total. The van der Waals surface area contributed by atoms with Crippen LogP contribution in [0.15, 0.2) is 41.1 Å². The summed E-state index contributed by atoms with van der Waals surface area (Å²) in [6, 6.07) is 7.15. The van der Waals surface area contributed by atoms with E-state index in [9.17, 15) is 9.18 Å². The standard InChI is InChI=1S/C11H13FN2O2S/c12-8(4-5-14-11(15)16)7-17-10-3-1-2-9(13)6-10/h1-4,6,14H,5,7,13H2,(H,15,16). The van der Waals surface area contributed by atoms with Crippen molar-refractivity contribution in [1.29, 1.82) is 0 Å². The minimum Gasteiger partial charge on any atom is -0.465 e. The average molecular weight is 256 g/mol. The molecule has 0 unspecified atom stereocenters. The molecule has 0 spiro atoms. The second kappa shape index (κ2) is 6.80. The molecule has 17 heavy (non-hydrogen) atoms. The van der Waals surface area contributed by atoms with E-state index in [-0.39, 0.29) is 18.1 Å². The molecule has 0 bridgehead atoms. The van der Waals surface area contributed by atoms with Crippen LogP contribution in [0.25, 0.3) is 0 Å². The molecule has 0 radical (unpaired) electrons. The Morgan fingerprint density at radius 2 is 2.35 bits per heavy atom. The van der Waals surface area contributed by atoms with Crippen LogP contribution in [0.3, 0.4) is 0 Å². The molecule has 92 valence electrons. The summed E-state index contributed by atoms with van der Waals surface area (Å²) in [7, 11) is 0. The molecule has 0 aliphatic heterocycles. The summed E-state index contributed by atoms with van der Waals surface area (Å²) < 4.78 is 13.2. The fourth-order valence-electron chi connectivity index (χ4n) is 1.06. The quantitative estimate of drug-likeness (QED) is 0.559. The van der Waals surface area contributed by atoms with Crippen molar-refractivity contribution >= 4 is 23.5 Å². The summed E-state index contributed by atoms with van der Waals surface area (Å²) in [6.07, 6.45) is 0.0329. The van der Waals surface area contributed by atoms with Crippen molar-refractivity contribution < 1.29 is 14.3 Å². The molecule has 1 aromatic carbocycles. The van der Waals surface area contributed by atoms with Gasteiger partial charge in [-0.1, -0.05) is 6.07 Å². The number of thioether (sulfide) groups is 1. The predicted molar refractivity (Wildman–Crippen MR) is 66.8 cm³/mol. The topological polar surface area (TPSA) is 75.3 Å². The zero-order chi connectivity index (χ0) is 12.7. The first-order chi connectivity index (χ1) is 8.08. The van der Waals surface area contributed by atoms with Gasteiger partial charge in [0.2, 0.25) is 0 Å². The van der Waals surface area contributed by atoms with Crippen molar-refractivity contribution in [2.24, 2.45) is 0 Å². The Balaban J connectivity index is 2.37. The Kier molecular flexibility index (Phi) is 5.35. The highest BCUT2D eigenvalue weighted by atomic mass is 32.2. The number of benzene rings is 1. The normalized spacial score (nSPS) is 11.2. The summed E-state index contributed by atoms with van der Waals surface area (Å²) in [5, 5.41) is 10.3. The van der Waals surface area contributed by atoms with Gasteiger partial charge in [0.15, 0.2) is 0 Å². The molecule has 1 aromatic rings. The monoisotopic (exact) mass is 256 g/mol. The number of anilines is 1. The molecule has 0 aromatic heterocycles. The van der Waals surface area contributed by atoms with Gasteiger partial charge >= 0.3 is 6.09 Å². The number of rotatable bonds is 5. The van der Waals surface area contributed by atoms with Crippen molar-refractivity contribution in [3.63, 3.8) is 0 Å². The number of carbonyl (C=O) groups is 1. The Bertz CT molecular complexity index is 424. The van der Waals surface area contributed by atoms with Gasteiger partial charge in [-0.3, -0.25) is 0 Å². The van der Waals surface area contributed by atoms with Gasteiger partial charge < -0.3 is 16.2 Å². The minimum atomic E-state index is -1.17. The molecule has 1 amide bonds. The van der Waals surface area contributed by atoms with Crippen LogP contribution < -0.4 is 11.1 Å². The van der Waals surface area contributed by atoms with Crippen LogP contribution in [0.2, 0.25) is 0 Å². The number of nitrogens with two attached hydrogens (primary N) is 1. The van der Waals surface area contributed by atoms with Gasteiger partial charge in [0.1, 0.15) is 5.83 Å². The highest BCUT2D eigenvalue weighted by Crippen LogP contribution is 2.22. The lowest BCUT2D eigenvalue weighted by Gasteiger charge is -2.01. The minimum absolute atomic E-state index is 0.0291. The number of halogens is 1. The molecule has 0 fully saturated rings. The van der Waals surface area contributed by atoms with Gasteiger partial charge in [0.05, 0.1) is 0 Å². The molecule has 4 N–H and O–H groups in total. The van der Waals surface area contributed by atoms with Crippen LogP contribution in [0.1, 0.15) is 0 Å². The van der Waals surface area contributed by atoms with E-state index in [1.54, 1.807) is 18.2 Å². The molecule has 6 heteroatoms. The number of amides is 1. The lowest BCUT2D eigenvalue weighted by atomic mass is 10.3. The lowest BCUT2D eigenvalue weighted by molar-refractivity contribution is 0.195. The van der Waals surface area contributed by atoms with Gasteiger partial charge in [-0.05, 0) is 24.3 Å². The van der Waals surface area contributed by atoms with E-state index in [2.05, 4.69) is 5.32 Å². The largest absolute Gasteiger partial charge is 0.465 e. The maximum absolute atomic E-state index is 13.2. The first-order valence-corrected chi connectivity index (χ1v) is 5.86. The fraction of sp³-hybridized carbons (Fsp3) is 0.182. The number of nitrogens with one attached hydrogen (secondary N) is 1. The van der Waals surface area contributed by atoms with Crippen LogP contribution in [0, 0.1) is 0 Å². The zero-order valence-corrected chi connectivity index (χ0v) is 9.84. The van der Waals surface area contributed by atoms with Gasteiger partial charge in [-0.15, -0.1) is 11.8 Å². The SMILES string of the molecule is Nc1cccc(SCC(F)=CCNC(=O)O)c1. The smallest absolute Gasteiger partial charge is 0.404 e. The van der Waals surface area contributed by atoms with E-state index in [0.29, 0.717) is 5.69 Å². The number of hydrogen-bond donors (Lipinski definition) is 3. The van der Waals surface area contributed by atoms with Crippen LogP contribution in [-0.2, 0) is 0 Å². The van der Waals surface area contributed by atoms with Crippen molar-refractivity contribution in [3.8, 4) is 0 Å². The number of nitrogen functional groups attached to an aromatic ring is 1. The molecule has 0 aliphatic carbocycles. The highest BCUT2D eigenvalue weighted by Gasteiger charge is 1.99. The Hall–Kier alpha value is -1.69. The van der Waals surface area contributed by atoms with Crippen LogP contribution in [0.4, 0.5) is 14.9 Å². The summed E-state index contributed by atoms with van der Waals surface area (Å²) in [5.41, 5.74) is 6.21. The third kappa shape index (κ3) is 5.82. The van der Waals surface area contributed by atoms with E-state index >= 15 is 0 Å². The molecule has 0 saturated heterocycles. The number of carboxylic acid groups (broad SMARTS) is 1. The molecular formula is C11H13FN2O2S. The molecule has 0 heterocycles.